The summed E-state index contributed by atoms with van der Waals surface area (Å²) in [5.74, 6) is 1.11. The molecule has 0 atom stereocenters. The van der Waals surface area contributed by atoms with Gasteiger partial charge in [-0.05, 0) is 19.3 Å². The Morgan fingerprint density at radius 1 is 1.19 bits per heavy atom. The summed E-state index contributed by atoms with van der Waals surface area (Å²) in [5, 5.41) is 4.18. The smallest absolute Gasteiger partial charge is 0.225 e. The largest absolute Gasteiger partial charge is 0.367 e. The first-order chi connectivity index (χ1) is 7.83. The highest BCUT2D eigenvalue weighted by molar-refractivity contribution is 5.40. The number of nitrogens with two attached hydrogens (primary N) is 1. The zero-order valence-corrected chi connectivity index (χ0v) is 10.2. The molecule has 1 heterocycles. The average Bonchev–Trinajstić information content (AvgIpc) is 2.59. The van der Waals surface area contributed by atoms with Crippen LogP contribution in [0.2, 0.25) is 0 Å². The number of nitrogens with zero attached hydrogens (tertiary/aromatic N) is 1. The molecule has 3 nitrogen and oxygen atoms in total. The van der Waals surface area contributed by atoms with Crippen molar-refractivity contribution in [3.63, 3.8) is 0 Å². The van der Waals surface area contributed by atoms with Crippen LogP contribution in [0.25, 0.3) is 0 Å². The maximum Gasteiger partial charge on any atom is 0.225 e. The molecule has 0 spiro atoms. The lowest BCUT2D eigenvalue weighted by Gasteiger charge is -2.18. The summed E-state index contributed by atoms with van der Waals surface area (Å²) in [5.41, 5.74) is 8.08. The van der Waals surface area contributed by atoms with E-state index in [0.717, 1.165) is 17.7 Å². The van der Waals surface area contributed by atoms with Gasteiger partial charge in [-0.2, -0.15) is 0 Å². The Bertz CT molecular complexity index is 325. The summed E-state index contributed by atoms with van der Waals surface area (Å²) < 4.78 is 5.14. The lowest BCUT2D eigenvalue weighted by atomic mass is 9.87. The van der Waals surface area contributed by atoms with Crippen LogP contribution in [0, 0.1) is 0 Å². The Hall–Kier alpha value is -0.990. The summed E-state index contributed by atoms with van der Waals surface area (Å²) in [6.45, 7) is 2.12. The molecule has 0 unspecified atom stereocenters. The van der Waals surface area contributed by atoms with E-state index in [4.69, 9.17) is 10.3 Å². The molecule has 0 amide bonds. The van der Waals surface area contributed by atoms with Crippen molar-refractivity contribution in [2.45, 2.75) is 64.2 Å². The maximum absolute atomic E-state index is 5.80. The standard InChI is InChI=1S/C13H22N2O/c1-2-11-12(15-16-13(11)14)10-8-6-4-3-5-7-9-10/h10H,2-9,14H2,1H3. The normalized spacial score (nSPS) is 19.3. The molecule has 0 saturated heterocycles. The van der Waals surface area contributed by atoms with Gasteiger partial charge in [-0.1, -0.05) is 44.2 Å². The van der Waals surface area contributed by atoms with Crippen molar-refractivity contribution in [3.8, 4) is 0 Å². The molecule has 0 bridgehead atoms. The molecule has 1 aliphatic rings. The lowest BCUT2D eigenvalue weighted by molar-refractivity contribution is 0.395. The van der Waals surface area contributed by atoms with Crippen molar-refractivity contribution in [1.82, 2.24) is 5.16 Å². The highest BCUT2D eigenvalue weighted by atomic mass is 16.5. The predicted molar refractivity (Wildman–Crippen MR) is 65.4 cm³/mol. The quantitative estimate of drug-likeness (QED) is 0.831. The van der Waals surface area contributed by atoms with Gasteiger partial charge in [-0.15, -0.1) is 0 Å². The highest BCUT2D eigenvalue weighted by Crippen LogP contribution is 2.34. The number of nitrogen functional groups attached to an aromatic ring is 1. The third kappa shape index (κ3) is 2.39. The van der Waals surface area contributed by atoms with E-state index in [2.05, 4.69) is 12.1 Å². The van der Waals surface area contributed by atoms with E-state index >= 15 is 0 Å². The summed E-state index contributed by atoms with van der Waals surface area (Å²) >= 11 is 0. The molecule has 3 heteroatoms. The van der Waals surface area contributed by atoms with Gasteiger partial charge in [0.1, 0.15) is 0 Å². The molecule has 90 valence electrons. The SMILES string of the molecule is CCc1c(C2CCCCCCC2)noc1N. The van der Waals surface area contributed by atoms with Gasteiger partial charge in [-0.25, -0.2) is 0 Å². The van der Waals surface area contributed by atoms with Gasteiger partial charge in [0, 0.05) is 11.5 Å². The van der Waals surface area contributed by atoms with Crippen LogP contribution in [0.3, 0.4) is 0 Å². The zero-order chi connectivity index (χ0) is 11.4. The van der Waals surface area contributed by atoms with Crippen LogP contribution in [-0.4, -0.2) is 5.16 Å². The molecule has 2 N–H and O–H groups in total. The van der Waals surface area contributed by atoms with Gasteiger partial charge in [0.15, 0.2) is 0 Å². The molecule has 0 aliphatic heterocycles. The monoisotopic (exact) mass is 222 g/mol. The van der Waals surface area contributed by atoms with E-state index in [0.29, 0.717) is 11.8 Å². The van der Waals surface area contributed by atoms with Crippen LogP contribution in [0.15, 0.2) is 4.52 Å². The first-order valence-electron chi connectivity index (χ1n) is 6.56. The summed E-state index contributed by atoms with van der Waals surface area (Å²) in [4.78, 5) is 0. The van der Waals surface area contributed by atoms with Crippen molar-refractivity contribution in [2.24, 2.45) is 0 Å². The van der Waals surface area contributed by atoms with Crippen molar-refractivity contribution in [3.05, 3.63) is 11.3 Å². The zero-order valence-electron chi connectivity index (χ0n) is 10.2. The summed E-state index contributed by atoms with van der Waals surface area (Å²) in [7, 11) is 0. The van der Waals surface area contributed by atoms with Crippen LogP contribution in [0.4, 0.5) is 5.88 Å². The minimum absolute atomic E-state index is 0.527. The predicted octanol–water partition coefficient (Wildman–Crippen LogP) is 3.65. The van der Waals surface area contributed by atoms with E-state index < -0.39 is 0 Å². The lowest BCUT2D eigenvalue weighted by Crippen LogP contribution is -2.05. The summed E-state index contributed by atoms with van der Waals surface area (Å²) in [6, 6.07) is 0. The van der Waals surface area contributed by atoms with E-state index in [1.165, 1.54) is 44.9 Å². The van der Waals surface area contributed by atoms with Gasteiger partial charge in [0.25, 0.3) is 0 Å². The van der Waals surface area contributed by atoms with Crippen LogP contribution in [0.5, 0.6) is 0 Å². The van der Waals surface area contributed by atoms with Crippen molar-refractivity contribution in [2.75, 3.05) is 5.73 Å². The fraction of sp³-hybridized carbons (Fsp3) is 0.769. The molecule has 0 radical (unpaired) electrons. The van der Waals surface area contributed by atoms with Gasteiger partial charge < -0.3 is 10.3 Å². The van der Waals surface area contributed by atoms with Crippen LogP contribution < -0.4 is 5.73 Å². The first kappa shape index (κ1) is 11.5. The van der Waals surface area contributed by atoms with Crippen molar-refractivity contribution in [1.29, 1.82) is 0 Å². The van der Waals surface area contributed by atoms with Crippen LogP contribution in [0.1, 0.15) is 69.0 Å². The number of rotatable bonds is 2. The molecule has 16 heavy (non-hydrogen) atoms. The average molecular weight is 222 g/mol. The molecule has 1 aromatic heterocycles. The third-order valence-electron chi connectivity index (χ3n) is 3.69. The molecule has 1 aromatic rings. The molecule has 1 aliphatic carbocycles. The first-order valence-corrected chi connectivity index (χ1v) is 6.56. The molecular weight excluding hydrogens is 200 g/mol. The number of hydrogen-bond donors (Lipinski definition) is 1. The fourth-order valence-corrected chi connectivity index (χ4v) is 2.74. The van der Waals surface area contributed by atoms with E-state index in [1.54, 1.807) is 0 Å². The van der Waals surface area contributed by atoms with Gasteiger partial charge in [0.2, 0.25) is 5.88 Å². The van der Waals surface area contributed by atoms with Gasteiger partial charge in [-0.3, -0.25) is 0 Å². The van der Waals surface area contributed by atoms with Gasteiger partial charge in [0.05, 0.1) is 5.69 Å². The second kappa shape index (κ2) is 5.37. The second-order valence-corrected chi connectivity index (χ2v) is 4.81. The topological polar surface area (TPSA) is 52.0 Å². The minimum Gasteiger partial charge on any atom is -0.367 e. The molecule has 0 aromatic carbocycles. The molecular formula is C13H22N2O. The van der Waals surface area contributed by atoms with E-state index in [1.807, 2.05) is 0 Å². The molecule has 1 fully saturated rings. The summed E-state index contributed by atoms with van der Waals surface area (Å²) in [6.07, 6.45) is 10.2. The Morgan fingerprint density at radius 3 is 2.44 bits per heavy atom. The van der Waals surface area contributed by atoms with Crippen molar-refractivity contribution < 1.29 is 4.52 Å². The maximum atomic E-state index is 5.80. The minimum atomic E-state index is 0.527. The Kier molecular flexibility index (Phi) is 3.86. The molecule has 1 saturated carbocycles. The Morgan fingerprint density at radius 2 is 1.81 bits per heavy atom. The highest BCUT2D eigenvalue weighted by Gasteiger charge is 2.21. The second-order valence-electron chi connectivity index (χ2n) is 4.81. The van der Waals surface area contributed by atoms with Gasteiger partial charge >= 0.3 is 0 Å². The Labute approximate surface area is 97.4 Å². The fourth-order valence-electron chi connectivity index (χ4n) is 2.74. The van der Waals surface area contributed by atoms with Crippen molar-refractivity contribution >= 4 is 5.88 Å². The van der Waals surface area contributed by atoms with Crippen LogP contribution in [-0.2, 0) is 6.42 Å². The number of hydrogen-bond acceptors (Lipinski definition) is 3. The Balaban J connectivity index is 2.13. The molecule has 2 rings (SSSR count). The number of anilines is 1. The third-order valence-corrected chi connectivity index (χ3v) is 3.69. The van der Waals surface area contributed by atoms with Crippen LogP contribution >= 0.6 is 0 Å². The number of aromatic nitrogens is 1. The van der Waals surface area contributed by atoms with E-state index in [-0.39, 0.29) is 0 Å². The van der Waals surface area contributed by atoms with E-state index in [9.17, 15) is 0 Å².